The Bertz CT molecular complexity index is 1100. The summed E-state index contributed by atoms with van der Waals surface area (Å²) in [6, 6.07) is 5.72. The van der Waals surface area contributed by atoms with Gasteiger partial charge in [0, 0.05) is 29.4 Å². The lowest BCUT2D eigenvalue weighted by Crippen LogP contribution is -2.49. The molecule has 2 N–H and O–H groups in total. The summed E-state index contributed by atoms with van der Waals surface area (Å²) in [7, 11) is 0. The minimum absolute atomic E-state index is 0.0894. The molecule has 1 atom stereocenters. The highest BCUT2D eigenvalue weighted by Gasteiger charge is 2.44. The van der Waals surface area contributed by atoms with Crippen molar-refractivity contribution in [3.63, 3.8) is 0 Å². The summed E-state index contributed by atoms with van der Waals surface area (Å²) in [5.41, 5.74) is 8.07. The molecular weight excluding hydrogens is 443 g/mol. The molecule has 1 unspecified atom stereocenters. The zero-order valence-corrected chi connectivity index (χ0v) is 18.8. The highest BCUT2D eigenvalue weighted by atomic mass is 35.5. The van der Waals surface area contributed by atoms with E-state index in [-0.39, 0.29) is 11.5 Å². The topological polar surface area (TPSA) is 81.6 Å². The number of aryl methyl sites for hydroxylation is 1. The second-order valence-corrected chi connectivity index (χ2v) is 9.78. The molecule has 2 saturated heterocycles. The Morgan fingerprint density at radius 3 is 2.80 bits per heavy atom. The molecule has 1 aromatic carbocycles. The molecule has 158 valence electrons. The van der Waals surface area contributed by atoms with E-state index in [2.05, 4.69) is 15.0 Å². The van der Waals surface area contributed by atoms with Crippen LogP contribution in [0.25, 0.3) is 5.65 Å². The molecule has 2 aromatic heterocycles. The van der Waals surface area contributed by atoms with Crippen molar-refractivity contribution in [3.05, 3.63) is 40.3 Å². The van der Waals surface area contributed by atoms with E-state index in [9.17, 15) is 0 Å². The lowest BCUT2D eigenvalue weighted by atomic mass is 9.75. The van der Waals surface area contributed by atoms with E-state index >= 15 is 0 Å². The van der Waals surface area contributed by atoms with Crippen molar-refractivity contribution in [2.45, 2.75) is 35.6 Å². The molecule has 0 aliphatic carbocycles. The fourth-order valence-corrected chi connectivity index (χ4v) is 5.75. The number of benzene rings is 1. The maximum Gasteiger partial charge on any atom is 0.228 e. The summed E-state index contributed by atoms with van der Waals surface area (Å²) in [6.45, 7) is 5.13. The van der Waals surface area contributed by atoms with E-state index < -0.39 is 0 Å². The standard InChI is InChI=1S/C20H22Cl2N6OS/c1-12-17(30-14-4-2-3-13(21)16(14)22)18-24-11-25-28(18)19(26-12)27-7-5-20(6-8-27)10-29-9-15(20)23/h2-4,11,15H,5-10,23H2,1H3. The van der Waals surface area contributed by atoms with Crippen LogP contribution in [0.3, 0.4) is 0 Å². The summed E-state index contributed by atoms with van der Waals surface area (Å²) in [5.74, 6) is 0.809. The Morgan fingerprint density at radius 2 is 2.07 bits per heavy atom. The number of ether oxygens (including phenoxy) is 1. The first kappa shape index (κ1) is 20.3. The van der Waals surface area contributed by atoms with Crippen LogP contribution in [-0.2, 0) is 4.74 Å². The molecule has 0 saturated carbocycles. The van der Waals surface area contributed by atoms with E-state index in [4.69, 9.17) is 38.7 Å². The lowest BCUT2D eigenvalue weighted by Gasteiger charge is -2.41. The SMILES string of the molecule is Cc1nc(N2CCC3(CC2)COCC3N)n2ncnc2c1Sc1cccc(Cl)c1Cl. The van der Waals surface area contributed by atoms with Gasteiger partial charge < -0.3 is 15.4 Å². The highest BCUT2D eigenvalue weighted by Crippen LogP contribution is 2.42. The Kier molecular flexibility index (Phi) is 5.31. The second-order valence-electron chi connectivity index (χ2n) is 7.95. The number of aromatic nitrogens is 4. The van der Waals surface area contributed by atoms with Gasteiger partial charge in [-0.2, -0.15) is 9.61 Å². The van der Waals surface area contributed by atoms with Crippen molar-refractivity contribution in [2.24, 2.45) is 11.1 Å². The van der Waals surface area contributed by atoms with Gasteiger partial charge in [-0.1, -0.05) is 41.0 Å². The molecule has 3 aromatic rings. The Balaban J connectivity index is 1.47. The fraction of sp³-hybridized carbons (Fsp3) is 0.450. The predicted octanol–water partition coefficient (Wildman–Crippen LogP) is 3.83. The van der Waals surface area contributed by atoms with Crippen molar-refractivity contribution >= 4 is 46.6 Å². The van der Waals surface area contributed by atoms with Crippen LogP contribution in [0.4, 0.5) is 5.95 Å². The number of nitrogens with two attached hydrogens (primary N) is 1. The van der Waals surface area contributed by atoms with E-state index in [1.54, 1.807) is 12.4 Å². The van der Waals surface area contributed by atoms with Crippen LogP contribution in [0.15, 0.2) is 34.3 Å². The van der Waals surface area contributed by atoms with Crippen molar-refractivity contribution < 1.29 is 4.74 Å². The summed E-state index contributed by atoms with van der Waals surface area (Å²) in [5, 5.41) is 5.52. The van der Waals surface area contributed by atoms with Gasteiger partial charge in [0.25, 0.3) is 0 Å². The molecule has 2 aliphatic heterocycles. The summed E-state index contributed by atoms with van der Waals surface area (Å²) in [6.07, 6.45) is 3.54. The number of anilines is 1. The smallest absolute Gasteiger partial charge is 0.228 e. The number of hydrogen-bond acceptors (Lipinski definition) is 7. The second kappa shape index (κ2) is 7.84. The molecule has 2 fully saturated rings. The zero-order chi connectivity index (χ0) is 20.9. The Morgan fingerprint density at radius 1 is 1.27 bits per heavy atom. The first-order chi connectivity index (χ1) is 14.5. The molecule has 0 radical (unpaired) electrons. The summed E-state index contributed by atoms with van der Waals surface area (Å²) >= 11 is 14.1. The van der Waals surface area contributed by atoms with E-state index in [0.29, 0.717) is 16.7 Å². The third-order valence-corrected chi connectivity index (χ3v) is 8.35. The maximum atomic E-state index is 6.40. The van der Waals surface area contributed by atoms with Gasteiger partial charge >= 0.3 is 0 Å². The first-order valence-corrected chi connectivity index (χ1v) is 11.5. The molecule has 5 rings (SSSR count). The molecule has 10 heteroatoms. The van der Waals surface area contributed by atoms with Gasteiger partial charge in [-0.25, -0.2) is 9.97 Å². The number of fused-ring (bicyclic) bond motifs is 1. The largest absolute Gasteiger partial charge is 0.379 e. The fourth-order valence-electron chi connectivity index (χ4n) is 4.29. The average molecular weight is 465 g/mol. The number of rotatable bonds is 3. The van der Waals surface area contributed by atoms with Crippen molar-refractivity contribution in [2.75, 3.05) is 31.2 Å². The van der Waals surface area contributed by atoms with Gasteiger partial charge in [-0.15, -0.1) is 0 Å². The van der Waals surface area contributed by atoms with Crippen LogP contribution in [0, 0.1) is 12.3 Å². The third-order valence-electron chi connectivity index (χ3n) is 6.18. The number of halogens is 2. The first-order valence-electron chi connectivity index (χ1n) is 9.89. The Labute approximate surface area is 188 Å². The Hall–Kier alpha value is -1.58. The molecule has 0 bridgehead atoms. The van der Waals surface area contributed by atoms with Gasteiger partial charge in [-0.05, 0) is 31.9 Å². The average Bonchev–Trinajstić information content (AvgIpc) is 3.36. The van der Waals surface area contributed by atoms with E-state index in [1.807, 2.05) is 23.6 Å². The molecular formula is C20H22Cl2N6OS. The molecule has 2 aliphatic rings. The molecule has 7 nitrogen and oxygen atoms in total. The van der Waals surface area contributed by atoms with Gasteiger partial charge in [0.1, 0.15) is 6.33 Å². The highest BCUT2D eigenvalue weighted by molar-refractivity contribution is 7.99. The van der Waals surface area contributed by atoms with Crippen LogP contribution in [0.2, 0.25) is 10.0 Å². The van der Waals surface area contributed by atoms with Crippen molar-refractivity contribution in [1.82, 2.24) is 19.6 Å². The number of piperidine rings is 1. The molecule has 1 spiro atoms. The van der Waals surface area contributed by atoms with Crippen LogP contribution in [0.5, 0.6) is 0 Å². The lowest BCUT2D eigenvalue weighted by molar-refractivity contribution is 0.131. The molecule has 30 heavy (non-hydrogen) atoms. The minimum Gasteiger partial charge on any atom is -0.379 e. The molecule has 4 heterocycles. The van der Waals surface area contributed by atoms with Crippen molar-refractivity contribution in [1.29, 1.82) is 0 Å². The summed E-state index contributed by atoms with van der Waals surface area (Å²) < 4.78 is 7.46. The van der Waals surface area contributed by atoms with Crippen LogP contribution < -0.4 is 10.6 Å². The van der Waals surface area contributed by atoms with Gasteiger partial charge in [0.05, 0.1) is 33.8 Å². The van der Waals surface area contributed by atoms with Gasteiger partial charge in [0.15, 0.2) is 5.65 Å². The summed E-state index contributed by atoms with van der Waals surface area (Å²) in [4.78, 5) is 13.5. The van der Waals surface area contributed by atoms with Crippen molar-refractivity contribution in [3.8, 4) is 0 Å². The molecule has 0 amide bonds. The quantitative estimate of drug-likeness (QED) is 0.630. The monoisotopic (exact) mass is 464 g/mol. The van der Waals surface area contributed by atoms with E-state index in [1.165, 1.54) is 11.8 Å². The normalized spacial score (nSPS) is 21.1. The zero-order valence-electron chi connectivity index (χ0n) is 16.5. The number of nitrogens with zero attached hydrogens (tertiary/aromatic N) is 5. The third kappa shape index (κ3) is 3.35. The maximum absolute atomic E-state index is 6.40. The predicted molar refractivity (Wildman–Crippen MR) is 119 cm³/mol. The minimum atomic E-state index is 0.0894. The number of hydrogen-bond donors (Lipinski definition) is 1. The van der Waals surface area contributed by atoms with Crippen LogP contribution >= 0.6 is 35.0 Å². The van der Waals surface area contributed by atoms with Crippen LogP contribution in [-0.4, -0.2) is 51.9 Å². The van der Waals surface area contributed by atoms with Gasteiger partial charge in [-0.3, -0.25) is 0 Å². The van der Waals surface area contributed by atoms with Crippen LogP contribution in [0.1, 0.15) is 18.5 Å². The van der Waals surface area contributed by atoms with E-state index in [0.717, 1.165) is 59.6 Å². The van der Waals surface area contributed by atoms with Gasteiger partial charge in [0.2, 0.25) is 5.95 Å².